The molecule has 0 amide bonds. The van der Waals surface area contributed by atoms with E-state index in [1.807, 2.05) is 6.07 Å². The molecule has 0 heterocycles. The molecule has 18 heavy (non-hydrogen) atoms. The summed E-state index contributed by atoms with van der Waals surface area (Å²) in [6.07, 6.45) is 2.85. The fraction of sp³-hybridized carbons (Fsp3) is 0.250. The van der Waals surface area contributed by atoms with E-state index in [9.17, 15) is 10.2 Å². The molecule has 2 heteroatoms. The summed E-state index contributed by atoms with van der Waals surface area (Å²) in [5.74, 6) is -0.110. The molecule has 0 aliphatic rings. The molecule has 0 radical (unpaired) electrons. The van der Waals surface area contributed by atoms with Crippen LogP contribution in [0.5, 0.6) is 11.5 Å². The first-order chi connectivity index (χ1) is 8.69. The van der Waals surface area contributed by atoms with Crippen molar-refractivity contribution in [2.24, 2.45) is 0 Å². The lowest BCUT2D eigenvalue weighted by atomic mass is 10.0. The molecule has 0 aromatic heterocycles. The Balaban J connectivity index is 2.04. The third-order valence-electron chi connectivity index (χ3n) is 3.14. The number of rotatable bonds is 4. The van der Waals surface area contributed by atoms with Gasteiger partial charge in [-0.05, 0) is 48.1 Å². The molecular weight excluding hydrogens is 224 g/mol. The van der Waals surface area contributed by atoms with Gasteiger partial charge in [-0.25, -0.2) is 0 Å². The highest BCUT2D eigenvalue weighted by molar-refractivity contribution is 5.40. The molecule has 2 rings (SSSR count). The highest BCUT2D eigenvalue weighted by Crippen LogP contribution is 2.25. The van der Waals surface area contributed by atoms with Crippen LogP contribution in [0.15, 0.2) is 42.5 Å². The topological polar surface area (TPSA) is 40.5 Å². The summed E-state index contributed by atoms with van der Waals surface area (Å²) < 4.78 is 0. The Kier molecular flexibility index (Phi) is 3.88. The summed E-state index contributed by atoms with van der Waals surface area (Å²) >= 11 is 0. The molecule has 0 spiro atoms. The van der Waals surface area contributed by atoms with Crippen LogP contribution >= 0.6 is 0 Å². The maximum Gasteiger partial charge on any atom is 0.157 e. The maximum absolute atomic E-state index is 9.43. The quantitative estimate of drug-likeness (QED) is 0.806. The molecule has 0 saturated carbocycles. The van der Waals surface area contributed by atoms with Gasteiger partial charge in [-0.1, -0.05) is 37.3 Å². The molecule has 0 aliphatic carbocycles. The van der Waals surface area contributed by atoms with Crippen LogP contribution in [0.2, 0.25) is 0 Å². The third kappa shape index (κ3) is 3.04. The van der Waals surface area contributed by atoms with Gasteiger partial charge in [-0.3, -0.25) is 0 Å². The van der Waals surface area contributed by atoms with Crippen molar-refractivity contribution in [3.05, 3.63) is 59.2 Å². The van der Waals surface area contributed by atoms with Gasteiger partial charge in [0, 0.05) is 0 Å². The Morgan fingerprint density at radius 3 is 2.11 bits per heavy atom. The van der Waals surface area contributed by atoms with Gasteiger partial charge in [-0.15, -0.1) is 0 Å². The molecule has 0 aliphatic heterocycles. The van der Waals surface area contributed by atoms with E-state index in [0.29, 0.717) is 0 Å². The lowest BCUT2D eigenvalue weighted by Gasteiger charge is -2.05. The van der Waals surface area contributed by atoms with Gasteiger partial charge in [0.2, 0.25) is 0 Å². The second-order valence-corrected chi connectivity index (χ2v) is 4.50. The van der Waals surface area contributed by atoms with Gasteiger partial charge in [0.05, 0.1) is 0 Å². The summed E-state index contributed by atoms with van der Waals surface area (Å²) in [6.45, 7) is 2.15. The van der Waals surface area contributed by atoms with Crippen LogP contribution in [0.25, 0.3) is 0 Å². The third-order valence-corrected chi connectivity index (χ3v) is 3.14. The monoisotopic (exact) mass is 242 g/mol. The van der Waals surface area contributed by atoms with Crippen molar-refractivity contribution in [3.63, 3.8) is 0 Å². The second kappa shape index (κ2) is 5.58. The smallest absolute Gasteiger partial charge is 0.157 e. The fourth-order valence-electron chi connectivity index (χ4n) is 2.02. The van der Waals surface area contributed by atoms with E-state index in [1.165, 1.54) is 17.2 Å². The Morgan fingerprint density at radius 2 is 1.44 bits per heavy atom. The second-order valence-electron chi connectivity index (χ2n) is 4.50. The Labute approximate surface area is 108 Å². The largest absolute Gasteiger partial charge is 0.504 e. The van der Waals surface area contributed by atoms with Crippen molar-refractivity contribution >= 4 is 0 Å². The number of hydrogen-bond acceptors (Lipinski definition) is 2. The van der Waals surface area contributed by atoms with Crippen LogP contribution in [-0.2, 0) is 19.3 Å². The fourth-order valence-corrected chi connectivity index (χ4v) is 2.02. The highest BCUT2D eigenvalue weighted by Gasteiger charge is 2.01. The van der Waals surface area contributed by atoms with Gasteiger partial charge < -0.3 is 10.2 Å². The number of phenolic OH excluding ortho intramolecular Hbond substituents is 2. The zero-order chi connectivity index (χ0) is 13.0. The zero-order valence-corrected chi connectivity index (χ0v) is 10.6. The van der Waals surface area contributed by atoms with Crippen LogP contribution in [0, 0.1) is 0 Å². The van der Waals surface area contributed by atoms with E-state index in [1.54, 1.807) is 6.07 Å². The lowest BCUT2D eigenvalue weighted by molar-refractivity contribution is 0.403. The van der Waals surface area contributed by atoms with Crippen molar-refractivity contribution in [1.29, 1.82) is 0 Å². The van der Waals surface area contributed by atoms with Crippen molar-refractivity contribution in [2.75, 3.05) is 0 Å². The van der Waals surface area contributed by atoms with E-state index in [4.69, 9.17) is 0 Å². The van der Waals surface area contributed by atoms with Crippen LogP contribution < -0.4 is 0 Å². The van der Waals surface area contributed by atoms with Crippen molar-refractivity contribution < 1.29 is 10.2 Å². The summed E-state index contributed by atoms with van der Waals surface area (Å²) in [5.41, 5.74) is 3.69. The molecule has 0 bridgehead atoms. The first-order valence-electron chi connectivity index (χ1n) is 6.27. The molecule has 2 nitrogen and oxygen atoms in total. The number of benzene rings is 2. The number of phenols is 2. The average molecular weight is 242 g/mol. The summed E-state index contributed by atoms with van der Waals surface area (Å²) in [6, 6.07) is 13.6. The van der Waals surface area contributed by atoms with Crippen LogP contribution in [0.1, 0.15) is 23.6 Å². The Morgan fingerprint density at radius 1 is 0.778 bits per heavy atom. The minimum absolute atomic E-state index is 0.0465. The Bertz CT molecular complexity index is 532. The van der Waals surface area contributed by atoms with Crippen LogP contribution in [0.4, 0.5) is 0 Å². The van der Waals surface area contributed by atoms with Gasteiger partial charge >= 0.3 is 0 Å². The van der Waals surface area contributed by atoms with E-state index in [0.717, 1.165) is 24.8 Å². The number of aryl methyl sites for hydroxylation is 3. The SMILES string of the molecule is CCc1cccc(CCc2ccc(O)c(O)c2)c1. The van der Waals surface area contributed by atoms with Gasteiger partial charge in [0.1, 0.15) is 0 Å². The van der Waals surface area contributed by atoms with Gasteiger partial charge in [0.15, 0.2) is 11.5 Å². The zero-order valence-electron chi connectivity index (χ0n) is 10.6. The predicted octanol–water partition coefficient (Wildman–Crippen LogP) is 3.45. The predicted molar refractivity (Wildman–Crippen MR) is 73.0 cm³/mol. The van der Waals surface area contributed by atoms with Crippen molar-refractivity contribution in [3.8, 4) is 11.5 Å². The van der Waals surface area contributed by atoms with Crippen molar-refractivity contribution in [2.45, 2.75) is 26.2 Å². The summed E-state index contributed by atoms with van der Waals surface area (Å²) in [5, 5.41) is 18.7. The molecule has 0 atom stereocenters. The van der Waals surface area contributed by atoms with E-state index >= 15 is 0 Å². The number of hydrogen-bond donors (Lipinski definition) is 2. The van der Waals surface area contributed by atoms with Crippen molar-refractivity contribution in [1.82, 2.24) is 0 Å². The summed E-state index contributed by atoms with van der Waals surface area (Å²) in [7, 11) is 0. The average Bonchev–Trinajstić information content (AvgIpc) is 2.40. The van der Waals surface area contributed by atoms with Crippen LogP contribution in [0.3, 0.4) is 0 Å². The Hall–Kier alpha value is -1.96. The molecule has 2 aromatic carbocycles. The minimum atomic E-state index is -0.0632. The molecule has 2 aromatic rings. The van der Waals surface area contributed by atoms with E-state index < -0.39 is 0 Å². The molecule has 0 fully saturated rings. The number of aromatic hydroxyl groups is 2. The normalized spacial score (nSPS) is 10.5. The van der Waals surface area contributed by atoms with Gasteiger partial charge in [0.25, 0.3) is 0 Å². The molecule has 94 valence electrons. The molecular formula is C16H18O2. The first-order valence-corrected chi connectivity index (χ1v) is 6.27. The van der Waals surface area contributed by atoms with E-state index in [2.05, 4.69) is 31.2 Å². The highest BCUT2D eigenvalue weighted by atomic mass is 16.3. The molecule has 0 unspecified atom stereocenters. The minimum Gasteiger partial charge on any atom is -0.504 e. The lowest BCUT2D eigenvalue weighted by Crippen LogP contribution is -1.92. The molecule has 0 saturated heterocycles. The van der Waals surface area contributed by atoms with Gasteiger partial charge in [-0.2, -0.15) is 0 Å². The summed E-state index contributed by atoms with van der Waals surface area (Å²) in [4.78, 5) is 0. The standard InChI is InChI=1S/C16H18O2/c1-2-12-4-3-5-13(10-12)6-7-14-8-9-15(17)16(18)11-14/h3-5,8-11,17-18H,2,6-7H2,1H3. The maximum atomic E-state index is 9.43. The molecule has 2 N–H and O–H groups in total. The first kappa shape index (κ1) is 12.5. The van der Waals surface area contributed by atoms with E-state index in [-0.39, 0.29) is 11.5 Å². The van der Waals surface area contributed by atoms with Crippen LogP contribution in [-0.4, -0.2) is 10.2 Å².